The summed E-state index contributed by atoms with van der Waals surface area (Å²) in [6.07, 6.45) is -2.34. The first kappa shape index (κ1) is 19.9. The second kappa shape index (κ2) is 6.67. The Balaban J connectivity index is 2.24. The van der Waals surface area contributed by atoms with E-state index in [1.165, 1.54) is 6.07 Å². The number of hydrogen-bond acceptors (Lipinski definition) is 8. The third-order valence-electron chi connectivity index (χ3n) is 3.61. The van der Waals surface area contributed by atoms with E-state index in [-0.39, 0.29) is 10.7 Å². The number of nitrogens with zero attached hydrogens (tertiary/aromatic N) is 5. The minimum absolute atomic E-state index is 0.195. The molecule has 3 aromatic rings. The van der Waals surface area contributed by atoms with E-state index >= 15 is 0 Å². The fraction of sp³-hybridized carbons (Fsp3) is 0.143. The largest absolute Gasteiger partial charge is 0.492 e. The van der Waals surface area contributed by atoms with Crippen LogP contribution >= 0.6 is 0 Å². The number of sulfone groups is 1. The molecule has 11 nitrogen and oxygen atoms in total. The molecule has 0 atom stereocenters. The van der Waals surface area contributed by atoms with Crippen LogP contribution in [0, 0.1) is 11.3 Å². The van der Waals surface area contributed by atoms with Gasteiger partial charge in [-0.3, -0.25) is 5.43 Å². The molecule has 0 unspecified atom stereocenters. The molecule has 3 N–H and O–H groups in total. The van der Waals surface area contributed by atoms with Crippen LogP contribution in [0.1, 0.15) is 11.3 Å². The lowest BCUT2D eigenvalue weighted by Crippen LogP contribution is -2.25. The summed E-state index contributed by atoms with van der Waals surface area (Å²) in [6, 6.07) is 3.50. The third-order valence-corrected chi connectivity index (χ3v) is 4.70. The van der Waals surface area contributed by atoms with Crippen molar-refractivity contribution in [1.29, 1.82) is 5.26 Å². The summed E-state index contributed by atoms with van der Waals surface area (Å²) in [6.45, 7) is 0. The molecule has 0 bridgehead atoms. The maximum atomic E-state index is 13.3. The van der Waals surface area contributed by atoms with Crippen LogP contribution in [-0.2, 0) is 16.0 Å². The number of aromatic nitrogens is 5. The second-order valence-corrected chi connectivity index (χ2v) is 7.63. The van der Waals surface area contributed by atoms with Crippen molar-refractivity contribution in [3.8, 4) is 17.8 Å². The van der Waals surface area contributed by atoms with Gasteiger partial charge in [-0.05, 0) is 12.1 Å². The van der Waals surface area contributed by atoms with Gasteiger partial charge >= 0.3 is 11.9 Å². The Morgan fingerprint density at radius 1 is 1.34 bits per heavy atom. The first-order valence-electron chi connectivity index (χ1n) is 7.46. The van der Waals surface area contributed by atoms with Gasteiger partial charge in [0.15, 0.2) is 27.2 Å². The summed E-state index contributed by atoms with van der Waals surface area (Å²) >= 11 is 0. The number of rotatable bonds is 4. The Hall–Kier alpha value is -3.80. The fourth-order valence-corrected chi connectivity index (χ4v) is 2.84. The highest BCUT2D eigenvalue weighted by atomic mass is 32.2. The number of imidazole rings is 1. The number of hydrogen-bond donors (Lipinski definition) is 3. The average molecular weight is 429 g/mol. The summed E-state index contributed by atoms with van der Waals surface area (Å²) in [5.41, 5.74) is -1.29. The predicted molar refractivity (Wildman–Crippen MR) is 89.9 cm³/mol. The van der Waals surface area contributed by atoms with Gasteiger partial charge in [0, 0.05) is 12.5 Å². The number of H-pyrrole nitrogens is 1. The van der Waals surface area contributed by atoms with E-state index in [1.807, 2.05) is 0 Å². The smallest absolute Gasteiger partial charge is 0.436 e. The highest BCUT2D eigenvalue weighted by molar-refractivity contribution is 7.90. The highest BCUT2D eigenvalue weighted by Gasteiger charge is 2.40. The number of anilines is 1. The van der Waals surface area contributed by atoms with Gasteiger partial charge in [-0.15, -0.1) is 0 Å². The molecule has 0 amide bonds. The molecule has 0 fully saturated rings. The van der Waals surface area contributed by atoms with Crippen molar-refractivity contribution in [2.75, 3.05) is 11.7 Å². The monoisotopic (exact) mass is 429 g/mol. The fourth-order valence-electron chi connectivity index (χ4n) is 2.28. The molecule has 0 saturated carbocycles. The van der Waals surface area contributed by atoms with Gasteiger partial charge in [-0.2, -0.15) is 32.9 Å². The average Bonchev–Trinajstić information content (AvgIpc) is 3.16. The lowest BCUT2D eigenvalue weighted by molar-refractivity contribution is -0.141. The second-order valence-electron chi connectivity index (χ2n) is 5.62. The quantitative estimate of drug-likeness (QED) is 0.545. The van der Waals surface area contributed by atoms with Crippen molar-refractivity contribution < 1.29 is 26.7 Å². The van der Waals surface area contributed by atoms with E-state index < -0.39 is 44.7 Å². The lowest BCUT2D eigenvalue weighted by atomic mass is 10.2. The molecular weight excluding hydrogens is 419 g/mol. The van der Waals surface area contributed by atoms with Crippen LogP contribution in [0.4, 0.5) is 19.0 Å². The van der Waals surface area contributed by atoms with Crippen molar-refractivity contribution in [2.24, 2.45) is 0 Å². The Labute approximate surface area is 159 Å². The van der Waals surface area contributed by atoms with E-state index in [1.54, 1.807) is 0 Å². The van der Waals surface area contributed by atoms with Crippen molar-refractivity contribution in [3.63, 3.8) is 0 Å². The Kier molecular flexibility index (Phi) is 4.59. The summed E-state index contributed by atoms with van der Waals surface area (Å²) in [4.78, 5) is 17.4. The van der Waals surface area contributed by atoms with Gasteiger partial charge in [0.25, 0.3) is 0 Å². The Morgan fingerprint density at radius 3 is 2.48 bits per heavy atom. The SMILES string of the molecule is CS(=O)(=O)c1ccc(-n2nc(C(F)(F)F)c(C#N)c2Nn2c(O)c[nH]c2=O)nc1. The molecule has 0 aliphatic heterocycles. The first-order chi connectivity index (χ1) is 13.4. The molecular formula is C14H10F3N7O4S. The summed E-state index contributed by atoms with van der Waals surface area (Å²) in [5.74, 6) is -1.59. The van der Waals surface area contributed by atoms with E-state index in [4.69, 9.17) is 0 Å². The van der Waals surface area contributed by atoms with Gasteiger partial charge in [-0.1, -0.05) is 0 Å². The molecule has 0 aliphatic carbocycles. The molecule has 0 aliphatic rings. The normalized spacial score (nSPS) is 12.0. The summed E-state index contributed by atoms with van der Waals surface area (Å²) in [7, 11) is -3.62. The molecule has 0 aromatic carbocycles. The first-order valence-corrected chi connectivity index (χ1v) is 9.36. The predicted octanol–water partition coefficient (Wildman–Crippen LogP) is 0.632. The topological polar surface area (TPSA) is 159 Å². The van der Waals surface area contributed by atoms with Crippen LogP contribution in [0.25, 0.3) is 5.82 Å². The maximum Gasteiger partial charge on any atom is 0.436 e. The van der Waals surface area contributed by atoms with Crippen LogP contribution in [0.3, 0.4) is 0 Å². The molecule has 29 heavy (non-hydrogen) atoms. The van der Waals surface area contributed by atoms with E-state index in [0.29, 0.717) is 9.36 Å². The maximum absolute atomic E-state index is 13.3. The number of nitriles is 1. The lowest BCUT2D eigenvalue weighted by Gasteiger charge is -2.10. The third kappa shape index (κ3) is 3.65. The van der Waals surface area contributed by atoms with Crippen LogP contribution < -0.4 is 11.1 Å². The van der Waals surface area contributed by atoms with Gasteiger partial charge in [-0.25, -0.2) is 18.2 Å². The number of halogens is 3. The van der Waals surface area contributed by atoms with Gasteiger partial charge < -0.3 is 10.1 Å². The van der Waals surface area contributed by atoms with Crippen molar-refractivity contribution in [1.82, 2.24) is 24.4 Å². The Morgan fingerprint density at radius 2 is 2.03 bits per heavy atom. The van der Waals surface area contributed by atoms with Crippen molar-refractivity contribution in [3.05, 3.63) is 46.3 Å². The zero-order valence-electron chi connectivity index (χ0n) is 14.3. The van der Waals surface area contributed by atoms with E-state index in [2.05, 4.69) is 20.5 Å². The molecule has 0 saturated heterocycles. The molecule has 0 radical (unpaired) electrons. The summed E-state index contributed by atoms with van der Waals surface area (Å²) in [5, 5.41) is 22.2. The zero-order chi connectivity index (χ0) is 21.6. The minimum atomic E-state index is -5.02. The van der Waals surface area contributed by atoms with Crippen molar-refractivity contribution >= 4 is 15.7 Å². The number of aromatic hydroxyl groups is 1. The molecule has 3 rings (SSSR count). The van der Waals surface area contributed by atoms with Gasteiger partial charge in [0.1, 0.15) is 11.6 Å². The van der Waals surface area contributed by atoms with Crippen LogP contribution in [0.15, 0.2) is 34.2 Å². The summed E-state index contributed by atoms with van der Waals surface area (Å²) < 4.78 is 64.0. The zero-order valence-corrected chi connectivity index (χ0v) is 15.1. The standard InChI is InChI=1S/C14H10F3N7O4S/c1-29(27,28)7-2-3-9(19-5-7)23-12(22-24-10(25)6-20-13(24)26)8(4-18)11(21-23)14(15,16)17/h2-3,5-6,22,25H,1H3,(H,20,26). The molecule has 152 valence electrons. The number of pyridine rings is 1. The van der Waals surface area contributed by atoms with E-state index in [9.17, 15) is 36.8 Å². The van der Waals surface area contributed by atoms with E-state index in [0.717, 1.165) is 30.8 Å². The molecule has 3 aromatic heterocycles. The van der Waals surface area contributed by atoms with Crippen molar-refractivity contribution in [2.45, 2.75) is 11.1 Å². The van der Waals surface area contributed by atoms with Crippen LogP contribution in [0.5, 0.6) is 5.88 Å². The number of alkyl halides is 3. The van der Waals surface area contributed by atoms with Crippen LogP contribution in [0.2, 0.25) is 0 Å². The van der Waals surface area contributed by atoms with Gasteiger partial charge in [0.2, 0.25) is 5.88 Å². The van der Waals surface area contributed by atoms with Gasteiger partial charge in [0.05, 0.1) is 11.1 Å². The number of nitrogens with one attached hydrogen (secondary N) is 2. The Bertz CT molecular complexity index is 1280. The molecule has 15 heteroatoms. The van der Waals surface area contributed by atoms with Crippen LogP contribution in [-0.4, -0.2) is 44.2 Å². The molecule has 3 heterocycles. The minimum Gasteiger partial charge on any atom is -0.492 e. The number of aromatic amines is 1. The molecule has 0 spiro atoms. The highest BCUT2D eigenvalue weighted by Crippen LogP contribution is 2.35.